The topological polar surface area (TPSA) is 58.0 Å². The molecule has 2 atom stereocenters. The van der Waals surface area contributed by atoms with Gasteiger partial charge in [0.25, 0.3) is 0 Å². The SMILES string of the molecule is CC(C)c1cc(N2CC3CN(c4ncnc5c4CCC5)CC3C2)ncn1. The molecule has 2 fully saturated rings. The first-order valence-corrected chi connectivity index (χ1v) is 9.83. The highest BCUT2D eigenvalue weighted by Gasteiger charge is 2.41. The van der Waals surface area contributed by atoms with Crippen LogP contribution in [0.25, 0.3) is 0 Å². The molecule has 6 nitrogen and oxygen atoms in total. The van der Waals surface area contributed by atoms with Gasteiger partial charge in [-0.15, -0.1) is 0 Å². The van der Waals surface area contributed by atoms with E-state index in [0.717, 1.165) is 50.5 Å². The molecular weight excluding hydrogens is 324 g/mol. The second-order valence-corrected chi connectivity index (χ2v) is 8.26. The first kappa shape index (κ1) is 16.0. The molecule has 3 aliphatic rings. The standard InChI is InChI=1S/C20H26N6/c1-13(2)18-6-19(23-11-22-18)25-7-14-9-26(10-15(14)8-25)20-16-4-3-5-17(16)21-12-24-20/h6,11-15H,3-5,7-10H2,1-2H3. The predicted molar refractivity (Wildman–Crippen MR) is 102 cm³/mol. The maximum atomic E-state index is 4.65. The third-order valence-corrected chi connectivity index (χ3v) is 6.23. The van der Waals surface area contributed by atoms with Crippen molar-refractivity contribution in [2.24, 2.45) is 11.8 Å². The molecule has 0 aromatic carbocycles. The summed E-state index contributed by atoms with van der Waals surface area (Å²) in [6, 6.07) is 2.17. The van der Waals surface area contributed by atoms with E-state index in [9.17, 15) is 0 Å². The molecular formula is C20H26N6. The molecule has 26 heavy (non-hydrogen) atoms. The second-order valence-electron chi connectivity index (χ2n) is 8.26. The van der Waals surface area contributed by atoms with Gasteiger partial charge in [-0.25, -0.2) is 19.9 Å². The maximum absolute atomic E-state index is 4.65. The fourth-order valence-corrected chi connectivity index (χ4v) is 4.82. The predicted octanol–water partition coefficient (Wildman–Crippen LogP) is 2.45. The zero-order chi connectivity index (χ0) is 17.7. The van der Waals surface area contributed by atoms with Gasteiger partial charge in [-0.3, -0.25) is 0 Å². The third kappa shape index (κ3) is 2.63. The molecule has 0 spiro atoms. The van der Waals surface area contributed by atoms with Crippen LogP contribution in [0.2, 0.25) is 0 Å². The lowest BCUT2D eigenvalue weighted by molar-refractivity contribution is 0.533. The molecule has 0 N–H and O–H groups in total. The lowest BCUT2D eigenvalue weighted by Gasteiger charge is -2.24. The molecule has 0 bridgehead atoms. The van der Waals surface area contributed by atoms with E-state index < -0.39 is 0 Å². The van der Waals surface area contributed by atoms with E-state index in [1.165, 1.54) is 23.5 Å². The Balaban J connectivity index is 1.31. The maximum Gasteiger partial charge on any atom is 0.135 e. The Morgan fingerprint density at radius 3 is 2.38 bits per heavy atom. The van der Waals surface area contributed by atoms with Gasteiger partial charge in [0.2, 0.25) is 0 Å². The summed E-state index contributed by atoms with van der Waals surface area (Å²) in [6.07, 6.45) is 6.96. The first-order chi connectivity index (χ1) is 12.7. The van der Waals surface area contributed by atoms with Crippen LogP contribution in [-0.2, 0) is 12.8 Å². The van der Waals surface area contributed by atoms with Crippen LogP contribution in [0.1, 0.15) is 43.1 Å². The van der Waals surface area contributed by atoms with Gasteiger partial charge >= 0.3 is 0 Å². The molecule has 0 saturated carbocycles. The molecule has 2 aromatic rings. The lowest BCUT2D eigenvalue weighted by atomic mass is 10.0. The van der Waals surface area contributed by atoms with Crippen LogP contribution in [0.3, 0.4) is 0 Å². The van der Waals surface area contributed by atoms with Crippen molar-refractivity contribution < 1.29 is 0 Å². The number of aromatic nitrogens is 4. The van der Waals surface area contributed by atoms with Gasteiger partial charge in [0.05, 0.1) is 0 Å². The molecule has 4 heterocycles. The summed E-state index contributed by atoms with van der Waals surface area (Å²) >= 11 is 0. The van der Waals surface area contributed by atoms with E-state index in [2.05, 4.69) is 49.6 Å². The lowest BCUT2D eigenvalue weighted by Crippen LogP contribution is -2.30. The summed E-state index contributed by atoms with van der Waals surface area (Å²) in [6.45, 7) is 8.75. The quantitative estimate of drug-likeness (QED) is 0.847. The normalized spacial score (nSPS) is 24.4. The average Bonchev–Trinajstić information content (AvgIpc) is 3.35. The summed E-state index contributed by atoms with van der Waals surface area (Å²) in [5.74, 6) is 4.12. The van der Waals surface area contributed by atoms with Gasteiger partial charge < -0.3 is 9.80 Å². The van der Waals surface area contributed by atoms with Crippen LogP contribution in [0.5, 0.6) is 0 Å². The van der Waals surface area contributed by atoms with Crippen LogP contribution < -0.4 is 9.80 Å². The molecule has 2 unspecified atom stereocenters. The molecule has 2 saturated heterocycles. The van der Waals surface area contributed by atoms with Gasteiger partial charge in [-0.1, -0.05) is 13.8 Å². The Labute approximate surface area is 154 Å². The number of nitrogens with zero attached hydrogens (tertiary/aromatic N) is 6. The Hall–Kier alpha value is -2.24. The van der Waals surface area contributed by atoms with E-state index in [4.69, 9.17) is 0 Å². The monoisotopic (exact) mass is 350 g/mol. The highest BCUT2D eigenvalue weighted by Crippen LogP contribution is 2.37. The molecule has 1 aliphatic carbocycles. The van der Waals surface area contributed by atoms with Crippen LogP contribution >= 0.6 is 0 Å². The zero-order valence-corrected chi connectivity index (χ0v) is 15.6. The van der Waals surface area contributed by atoms with Crippen molar-refractivity contribution in [2.75, 3.05) is 36.0 Å². The smallest absolute Gasteiger partial charge is 0.135 e. The summed E-state index contributed by atoms with van der Waals surface area (Å²) in [5, 5.41) is 0. The minimum absolute atomic E-state index is 0.439. The van der Waals surface area contributed by atoms with Gasteiger partial charge in [0.1, 0.15) is 24.3 Å². The van der Waals surface area contributed by atoms with E-state index in [1.54, 1.807) is 12.7 Å². The number of anilines is 2. The average molecular weight is 350 g/mol. The summed E-state index contributed by atoms with van der Waals surface area (Å²) in [7, 11) is 0. The minimum atomic E-state index is 0.439. The van der Waals surface area contributed by atoms with Crippen LogP contribution in [-0.4, -0.2) is 46.1 Å². The number of hydrogen-bond acceptors (Lipinski definition) is 6. The number of aryl methyl sites for hydroxylation is 1. The molecule has 136 valence electrons. The Kier molecular flexibility index (Phi) is 3.80. The minimum Gasteiger partial charge on any atom is -0.356 e. The van der Waals surface area contributed by atoms with Crippen molar-refractivity contribution in [2.45, 2.75) is 39.0 Å². The van der Waals surface area contributed by atoms with Crippen molar-refractivity contribution >= 4 is 11.6 Å². The first-order valence-electron chi connectivity index (χ1n) is 9.83. The van der Waals surface area contributed by atoms with E-state index in [1.807, 2.05) is 0 Å². The third-order valence-electron chi connectivity index (χ3n) is 6.23. The molecule has 6 heteroatoms. The molecule has 5 rings (SSSR count). The zero-order valence-electron chi connectivity index (χ0n) is 15.6. The van der Waals surface area contributed by atoms with E-state index >= 15 is 0 Å². The van der Waals surface area contributed by atoms with Gasteiger partial charge in [0.15, 0.2) is 0 Å². The molecule has 2 aliphatic heterocycles. The van der Waals surface area contributed by atoms with Crippen molar-refractivity contribution in [1.82, 2.24) is 19.9 Å². The fraction of sp³-hybridized carbons (Fsp3) is 0.600. The Morgan fingerprint density at radius 1 is 0.885 bits per heavy atom. The van der Waals surface area contributed by atoms with Crippen LogP contribution in [0, 0.1) is 11.8 Å². The Bertz CT molecular complexity index is 806. The fourth-order valence-electron chi connectivity index (χ4n) is 4.82. The van der Waals surface area contributed by atoms with Gasteiger partial charge in [-0.2, -0.15) is 0 Å². The highest BCUT2D eigenvalue weighted by atomic mass is 15.3. The summed E-state index contributed by atoms with van der Waals surface area (Å²) in [5.41, 5.74) is 3.81. The van der Waals surface area contributed by atoms with E-state index in [-0.39, 0.29) is 0 Å². The largest absolute Gasteiger partial charge is 0.356 e. The van der Waals surface area contributed by atoms with Crippen molar-refractivity contribution in [3.63, 3.8) is 0 Å². The van der Waals surface area contributed by atoms with E-state index in [0.29, 0.717) is 17.8 Å². The number of fused-ring (bicyclic) bond motifs is 2. The van der Waals surface area contributed by atoms with Crippen LogP contribution in [0.15, 0.2) is 18.7 Å². The second kappa shape index (κ2) is 6.18. The number of rotatable bonds is 3. The number of hydrogen-bond donors (Lipinski definition) is 0. The molecule has 0 amide bonds. The summed E-state index contributed by atoms with van der Waals surface area (Å²) in [4.78, 5) is 23.0. The van der Waals surface area contributed by atoms with Crippen molar-refractivity contribution in [3.8, 4) is 0 Å². The van der Waals surface area contributed by atoms with Crippen molar-refractivity contribution in [3.05, 3.63) is 35.7 Å². The highest BCUT2D eigenvalue weighted by molar-refractivity contribution is 5.52. The Morgan fingerprint density at radius 2 is 1.62 bits per heavy atom. The van der Waals surface area contributed by atoms with Crippen molar-refractivity contribution in [1.29, 1.82) is 0 Å². The molecule has 0 radical (unpaired) electrons. The molecule has 2 aromatic heterocycles. The van der Waals surface area contributed by atoms with Crippen LogP contribution in [0.4, 0.5) is 11.6 Å². The summed E-state index contributed by atoms with van der Waals surface area (Å²) < 4.78 is 0. The van der Waals surface area contributed by atoms with Gasteiger partial charge in [-0.05, 0) is 25.2 Å². The van der Waals surface area contributed by atoms with Gasteiger partial charge in [0, 0.05) is 61.0 Å².